The SMILES string of the molecule is Cl[Si](Cl)(c1ccccc1)C1CCCC1. The zero-order valence-electron chi connectivity index (χ0n) is 8.05. The topological polar surface area (TPSA) is 0 Å². The summed E-state index contributed by atoms with van der Waals surface area (Å²) < 4.78 is 0. The lowest BCUT2D eigenvalue weighted by Gasteiger charge is -2.23. The fraction of sp³-hybridized carbons (Fsp3) is 0.455. The normalized spacial score (nSPS) is 18.7. The van der Waals surface area contributed by atoms with Gasteiger partial charge in [0.25, 0.3) is 6.69 Å². The molecule has 0 nitrogen and oxygen atoms in total. The third-order valence-electron chi connectivity index (χ3n) is 3.03. The molecule has 1 fully saturated rings. The minimum Gasteiger partial charge on any atom is -0.139 e. The predicted molar refractivity (Wildman–Crippen MR) is 65.8 cm³/mol. The van der Waals surface area contributed by atoms with Crippen molar-refractivity contribution in [1.29, 1.82) is 0 Å². The van der Waals surface area contributed by atoms with Gasteiger partial charge in [-0.3, -0.25) is 0 Å². The molecule has 1 saturated carbocycles. The average Bonchev–Trinajstić information content (AvgIpc) is 2.72. The molecular weight excluding hydrogens is 231 g/mol. The zero-order valence-corrected chi connectivity index (χ0v) is 10.6. The first-order chi connectivity index (χ1) is 6.71. The van der Waals surface area contributed by atoms with Crippen molar-refractivity contribution in [2.45, 2.75) is 31.2 Å². The lowest BCUT2D eigenvalue weighted by Crippen LogP contribution is -2.40. The summed E-state index contributed by atoms with van der Waals surface area (Å²) in [5, 5.41) is 1.18. The molecule has 1 aromatic carbocycles. The molecule has 1 aliphatic carbocycles. The molecule has 0 heterocycles. The van der Waals surface area contributed by atoms with Gasteiger partial charge in [-0.15, -0.1) is 22.2 Å². The second kappa shape index (κ2) is 4.26. The third kappa shape index (κ3) is 2.00. The van der Waals surface area contributed by atoms with Gasteiger partial charge in [-0.25, -0.2) is 0 Å². The van der Waals surface area contributed by atoms with E-state index in [9.17, 15) is 0 Å². The van der Waals surface area contributed by atoms with Gasteiger partial charge in [-0.2, -0.15) is 0 Å². The third-order valence-corrected chi connectivity index (χ3v) is 8.89. The van der Waals surface area contributed by atoms with Crippen molar-refractivity contribution in [3.05, 3.63) is 30.3 Å². The van der Waals surface area contributed by atoms with E-state index in [1.54, 1.807) is 0 Å². The predicted octanol–water partition coefficient (Wildman–Crippen LogP) is 3.76. The largest absolute Gasteiger partial charge is 0.283 e. The molecule has 0 bridgehead atoms. The van der Waals surface area contributed by atoms with E-state index in [-0.39, 0.29) is 0 Å². The highest BCUT2D eigenvalue weighted by Gasteiger charge is 2.41. The van der Waals surface area contributed by atoms with E-state index < -0.39 is 6.69 Å². The fourth-order valence-electron chi connectivity index (χ4n) is 2.18. The van der Waals surface area contributed by atoms with Gasteiger partial charge in [0.2, 0.25) is 0 Å². The van der Waals surface area contributed by atoms with Crippen LogP contribution in [-0.2, 0) is 0 Å². The summed E-state index contributed by atoms with van der Waals surface area (Å²) in [6.07, 6.45) is 5.03. The van der Waals surface area contributed by atoms with Gasteiger partial charge in [0.1, 0.15) is 0 Å². The molecule has 0 aliphatic heterocycles. The molecule has 76 valence electrons. The Morgan fingerprint density at radius 3 is 2.14 bits per heavy atom. The maximum Gasteiger partial charge on any atom is 0.283 e. The van der Waals surface area contributed by atoms with Gasteiger partial charge in [-0.1, -0.05) is 56.0 Å². The fourth-order valence-corrected chi connectivity index (χ4v) is 6.49. The number of benzene rings is 1. The molecule has 0 unspecified atom stereocenters. The summed E-state index contributed by atoms with van der Waals surface area (Å²) >= 11 is 13.1. The van der Waals surface area contributed by atoms with Crippen molar-refractivity contribution in [2.24, 2.45) is 0 Å². The van der Waals surface area contributed by atoms with E-state index in [4.69, 9.17) is 22.2 Å². The van der Waals surface area contributed by atoms with Gasteiger partial charge in [0.15, 0.2) is 0 Å². The standard InChI is InChI=1S/C11H14Cl2Si/c12-14(13,11-8-4-5-9-11)10-6-2-1-3-7-10/h1-3,6-7,11H,4-5,8-9H2. The Morgan fingerprint density at radius 2 is 1.57 bits per heavy atom. The van der Waals surface area contributed by atoms with Crippen LogP contribution in [0, 0.1) is 0 Å². The first-order valence-electron chi connectivity index (χ1n) is 5.14. The van der Waals surface area contributed by atoms with Crippen LogP contribution in [0.3, 0.4) is 0 Å². The van der Waals surface area contributed by atoms with Crippen LogP contribution in [0.4, 0.5) is 0 Å². The van der Waals surface area contributed by atoms with Crippen molar-refractivity contribution in [3.8, 4) is 0 Å². The summed E-state index contributed by atoms with van der Waals surface area (Å²) in [5.74, 6) is 0. The van der Waals surface area contributed by atoms with Gasteiger partial charge in [0.05, 0.1) is 0 Å². The Morgan fingerprint density at radius 1 is 1.00 bits per heavy atom. The minimum absolute atomic E-state index is 0.563. The molecule has 0 amide bonds. The van der Waals surface area contributed by atoms with Crippen molar-refractivity contribution >= 4 is 34.0 Å². The molecule has 0 aromatic heterocycles. The van der Waals surface area contributed by atoms with E-state index in [2.05, 4.69) is 12.1 Å². The molecule has 0 radical (unpaired) electrons. The van der Waals surface area contributed by atoms with E-state index >= 15 is 0 Å². The number of rotatable bonds is 2. The number of halogens is 2. The van der Waals surface area contributed by atoms with Crippen LogP contribution in [0.1, 0.15) is 25.7 Å². The van der Waals surface area contributed by atoms with Crippen LogP contribution < -0.4 is 5.19 Å². The van der Waals surface area contributed by atoms with E-state index in [1.165, 1.54) is 30.9 Å². The molecule has 2 rings (SSSR count). The molecular formula is C11H14Cl2Si. The number of hydrogen-bond donors (Lipinski definition) is 0. The highest BCUT2D eigenvalue weighted by Crippen LogP contribution is 2.42. The monoisotopic (exact) mass is 244 g/mol. The summed E-state index contributed by atoms with van der Waals surface area (Å²) in [6.45, 7) is -2.20. The van der Waals surface area contributed by atoms with Crippen LogP contribution in [-0.4, -0.2) is 6.69 Å². The van der Waals surface area contributed by atoms with Crippen LogP contribution >= 0.6 is 22.2 Å². The van der Waals surface area contributed by atoms with Gasteiger partial charge < -0.3 is 0 Å². The quantitative estimate of drug-likeness (QED) is 0.549. The maximum atomic E-state index is 6.57. The van der Waals surface area contributed by atoms with E-state index in [0.29, 0.717) is 5.54 Å². The molecule has 3 heteroatoms. The molecule has 0 saturated heterocycles. The van der Waals surface area contributed by atoms with Gasteiger partial charge >= 0.3 is 0 Å². The smallest absolute Gasteiger partial charge is 0.139 e. The Bertz CT molecular complexity index is 291. The second-order valence-corrected chi connectivity index (χ2v) is 10.8. The summed E-state index contributed by atoms with van der Waals surface area (Å²) in [4.78, 5) is 0. The van der Waals surface area contributed by atoms with E-state index in [1.807, 2.05) is 18.2 Å². The molecule has 0 N–H and O–H groups in total. The van der Waals surface area contributed by atoms with Gasteiger partial charge in [-0.05, 0) is 10.7 Å². The minimum atomic E-state index is -2.20. The highest BCUT2D eigenvalue weighted by molar-refractivity contribution is 7.51. The average molecular weight is 245 g/mol. The van der Waals surface area contributed by atoms with Crippen molar-refractivity contribution in [3.63, 3.8) is 0 Å². The van der Waals surface area contributed by atoms with E-state index in [0.717, 1.165) is 0 Å². The lowest BCUT2D eigenvalue weighted by molar-refractivity contribution is 0.864. The Kier molecular flexibility index (Phi) is 3.20. The van der Waals surface area contributed by atoms with Crippen LogP contribution in [0.25, 0.3) is 0 Å². The lowest BCUT2D eigenvalue weighted by atomic mass is 10.4. The van der Waals surface area contributed by atoms with Gasteiger partial charge in [0, 0.05) is 0 Å². The maximum absolute atomic E-state index is 6.57. The Balaban J connectivity index is 2.22. The molecule has 1 aliphatic rings. The van der Waals surface area contributed by atoms with Crippen LogP contribution in [0.2, 0.25) is 5.54 Å². The van der Waals surface area contributed by atoms with Crippen LogP contribution in [0.5, 0.6) is 0 Å². The first kappa shape index (κ1) is 10.5. The van der Waals surface area contributed by atoms with Crippen LogP contribution in [0.15, 0.2) is 30.3 Å². The van der Waals surface area contributed by atoms with Crippen molar-refractivity contribution < 1.29 is 0 Å². The highest BCUT2D eigenvalue weighted by atomic mass is 35.7. The summed E-state index contributed by atoms with van der Waals surface area (Å²) in [5.41, 5.74) is 0.563. The first-order valence-corrected chi connectivity index (χ1v) is 9.24. The summed E-state index contributed by atoms with van der Waals surface area (Å²) in [7, 11) is 0. The number of hydrogen-bond acceptors (Lipinski definition) is 0. The molecule has 0 atom stereocenters. The second-order valence-electron chi connectivity index (χ2n) is 3.97. The Labute approximate surface area is 95.6 Å². The summed E-state index contributed by atoms with van der Waals surface area (Å²) in [6, 6.07) is 10.2. The van der Waals surface area contributed by atoms with Crippen molar-refractivity contribution in [1.82, 2.24) is 0 Å². The zero-order chi connectivity index (χ0) is 10.0. The Hall–Kier alpha value is 0.0169. The molecule has 14 heavy (non-hydrogen) atoms. The molecule has 1 aromatic rings. The molecule has 0 spiro atoms. The van der Waals surface area contributed by atoms with Crippen molar-refractivity contribution in [2.75, 3.05) is 0 Å².